The maximum absolute atomic E-state index is 13.6. The fraction of sp³-hybridized carbons (Fsp3) is 0.136. The number of benzene rings is 2. The second-order valence-electron chi connectivity index (χ2n) is 6.77. The standard InChI is InChI=1S/C22H18F2N4O3/c1-14(15-11-25-28(12-15)16-6-3-2-4-7-16)26-22(29)20-10-17(31-27-20)13-30-21-18(23)8-5-9-19(21)24/h2-12,14H,13H2,1H3,(H,26,29)/t14-/m1/s1. The van der Waals surface area contributed by atoms with Gasteiger partial charge in [0.2, 0.25) is 0 Å². The third-order valence-electron chi connectivity index (χ3n) is 4.54. The number of para-hydroxylation sites is 2. The number of carbonyl (C=O) groups is 1. The smallest absolute Gasteiger partial charge is 0.273 e. The average Bonchev–Trinajstić information content (AvgIpc) is 3.44. The Balaban J connectivity index is 1.37. The first-order valence-electron chi connectivity index (χ1n) is 9.44. The zero-order valence-corrected chi connectivity index (χ0v) is 16.5. The minimum Gasteiger partial charge on any atom is -0.479 e. The van der Waals surface area contributed by atoms with Gasteiger partial charge in [-0.1, -0.05) is 29.4 Å². The molecule has 4 aromatic rings. The summed E-state index contributed by atoms with van der Waals surface area (Å²) in [4.78, 5) is 12.5. The van der Waals surface area contributed by atoms with Crippen LogP contribution in [0.2, 0.25) is 0 Å². The van der Waals surface area contributed by atoms with E-state index in [0.717, 1.165) is 23.4 Å². The van der Waals surface area contributed by atoms with E-state index in [4.69, 9.17) is 9.26 Å². The Morgan fingerprint density at radius 2 is 1.90 bits per heavy atom. The van der Waals surface area contributed by atoms with E-state index in [1.54, 1.807) is 10.9 Å². The van der Waals surface area contributed by atoms with Gasteiger partial charge >= 0.3 is 0 Å². The van der Waals surface area contributed by atoms with E-state index >= 15 is 0 Å². The molecule has 0 spiro atoms. The normalized spacial score (nSPS) is 11.8. The largest absolute Gasteiger partial charge is 0.479 e. The summed E-state index contributed by atoms with van der Waals surface area (Å²) >= 11 is 0. The van der Waals surface area contributed by atoms with Gasteiger partial charge in [-0.05, 0) is 31.2 Å². The van der Waals surface area contributed by atoms with Crippen LogP contribution in [0.4, 0.5) is 8.78 Å². The summed E-state index contributed by atoms with van der Waals surface area (Å²) in [7, 11) is 0. The van der Waals surface area contributed by atoms with Crippen molar-refractivity contribution in [2.24, 2.45) is 0 Å². The van der Waals surface area contributed by atoms with Crippen LogP contribution in [-0.2, 0) is 6.61 Å². The highest BCUT2D eigenvalue weighted by Crippen LogP contribution is 2.22. The lowest BCUT2D eigenvalue weighted by atomic mass is 10.2. The van der Waals surface area contributed by atoms with Crippen molar-refractivity contribution in [1.29, 1.82) is 0 Å². The van der Waals surface area contributed by atoms with Crippen LogP contribution in [0, 0.1) is 11.6 Å². The second-order valence-corrected chi connectivity index (χ2v) is 6.77. The third-order valence-corrected chi connectivity index (χ3v) is 4.54. The van der Waals surface area contributed by atoms with E-state index in [1.165, 1.54) is 12.1 Å². The summed E-state index contributed by atoms with van der Waals surface area (Å²) in [6.07, 6.45) is 3.49. The van der Waals surface area contributed by atoms with Crippen molar-refractivity contribution in [1.82, 2.24) is 20.3 Å². The highest BCUT2D eigenvalue weighted by molar-refractivity contribution is 5.92. The lowest BCUT2D eigenvalue weighted by molar-refractivity contribution is 0.0930. The van der Waals surface area contributed by atoms with Gasteiger partial charge in [0.05, 0.1) is 17.9 Å². The molecule has 2 aromatic heterocycles. The van der Waals surface area contributed by atoms with Gasteiger partial charge in [0, 0.05) is 17.8 Å². The van der Waals surface area contributed by atoms with Crippen LogP contribution < -0.4 is 10.1 Å². The summed E-state index contributed by atoms with van der Waals surface area (Å²) in [5, 5.41) is 10.8. The van der Waals surface area contributed by atoms with E-state index in [2.05, 4.69) is 15.6 Å². The van der Waals surface area contributed by atoms with Gasteiger partial charge in [-0.15, -0.1) is 0 Å². The van der Waals surface area contributed by atoms with Crippen LogP contribution in [0.25, 0.3) is 5.69 Å². The highest BCUT2D eigenvalue weighted by atomic mass is 19.1. The number of nitrogens with zero attached hydrogens (tertiary/aromatic N) is 3. The Hall–Kier alpha value is -4.01. The molecule has 1 atom stereocenters. The molecule has 0 aliphatic heterocycles. The summed E-state index contributed by atoms with van der Waals surface area (Å²) < 4.78 is 39.1. The molecule has 31 heavy (non-hydrogen) atoms. The molecule has 4 rings (SSSR count). The first kappa shape index (κ1) is 20.3. The molecule has 0 radical (unpaired) electrons. The highest BCUT2D eigenvalue weighted by Gasteiger charge is 2.18. The second kappa shape index (κ2) is 8.78. The SMILES string of the molecule is C[C@@H](NC(=O)c1cc(COc2c(F)cccc2F)on1)c1cnn(-c2ccccc2)c1. The molecule has 9 heteroatoms. The number of amides is 1. The van der Waals surface area contributed by atoms with Crippen LogP contribution in [0.5, 0.6) is 5.75 Å². The molecule has 1 N–H and O–H groups in total. The Morgan fingerprint density at radius 1 is 1.16 bits per heavy atom. The molecule has 0 saturated heterocycles. The number of rotatable bonds is 7. The van der Waals surface area contributed by atoms with Crippen molar-refractivity contribution < 1.29 is 22.8 Å². The first-order valence-corrected chi connectivity index (χ1v) is 9.44. The van der Waals surface area contributed by atoms with Crippen molar-refractivity contribution in [3.63, 3.8) is 0 Å². The molecule has 2 heterocycles. The predicted molar refractivity (Wildman–Crippen MR) is 107 cm³/mol. The van der Waals surface area contributed by atoms with Crippen molar-refractivity contribution in [2.75, 3.05) is 0 Å². The molecule has 2 aromatic carbocycles. The van der Waals surface area contributed by atoms with Gasteiger partial charge in [-0.25, -0.2) is 13.5 Å². The summed E-state index contributed by atoms with van der Waals surface area (Å²) in [5.41, 5.74) is 1.73. The van der Waals surface area contributed by atoms with E-state index in [-0.39, 0.29) is 24.1 Å². The van der Waals surface area contributed by atoms with Crippen LogP contribution in [0.3, 0.4) is 0 Å². The quantitative estimate of drug-likeness (QED) is 0.481. The molecule has 0 bridgehead atoms. The van der Waals surface area contributed by atoms with E-state index in [9.17, 15) is 13.6 Å². The van der Waals surface area contributed by atoms with Crippen molar-refractivity contribution in [2.45, 2.75) is 19.6 Å². The van der Waals surface area contributed by atoms with Crippen LogP contribution in [0.1, 0.15) is 34.8 Å². The predicted octanol–water partition coefficient (Wildman–Crippen LogP) is 4.21. The number of hydrogen-bond acceptors (Lipinski definition) is 5. The van der Waals surface area contributed by atoms with Crippen molar-refractivity contribution in [3.05, 3.63) is 95.6 Å². The van der Waals surface area contributed by atoms with Gasteiger partial charge in [0.25, 0.3) is 5.91 Å². The monoisotopic (exact) mass is 424 g/mol. The van der Waals surface area contributed by atoms with Gasteiger partial charge in [-0.3, -0.25) is 4.79 Å². The molecule has 0 aliphatic rings. The molecule has 0 aliphatic carbocycles. The first-order chi connectivity index (χ1) is 15.0. The Kier molecular flexibility index (Phi) is 5.74. The van der Waals surface area contributed by atoms with Crippen molar-refractivity contribution >= 4 is 5.91 Å². The zero-order valence-electron chi connectivity index (χ0n) is 16.5. The number of halogens is 2. The van der Waals surface area contributed by atoms with Gasteiger partial charge in [0.15, 0.2) is 28.8 Å². The van der Waals surface area contributed by atoms with Gasteiger partial charge in [0.1, 0.15) is 6.61 Å². The van der Waals surface area contributed by atoms with Gasteiger partial charge in [-0.2, -0.15) is 5.10 Å². The summed E-state index contributed by atoms with van der Waals surface area (Å²) in [6, 6.07) is 14.0. The summed E-state index contributed by atoms with van der Waals surface area (Å²) in [5.74, 6) is -2.50. The van der Waals surface area contributed by atoms with E-state index in [0.29, 0.717) is 0 Å². The molecule has 0 fully saturated rings. The lowest BCUT2D eigenvalue weighted by Gasteiger charge is -2.10. The maximum atomic E-state index is 13.6. The Labute approximate surface area is 176 Å². The number of nitrogens with one attached hydrogen (secondary N) is 1. The molecule has 0 saturated carbocycles. The third kappa shape index (κ3) is 4.61. The number of hydrogen-bond donors (Lipinski definition) is 1. The van der Waals surface area contributed by atoms with E-state index < -0.39 is 23.3 Å². The topological polar surface area (TPSA) is 82.2 Å². The fourth-order valence-electron chi connectivity index (χ4n) is 2.89. The van der Waals surface area contributed by atoms with Crippen LogP contribution in [0.15, 0.2) is 71.5 Å². The molecular weight excluding hydrogens is 406 g/mol. The molecule has 1 amide bonds. The molecule has 158 valence electrons. The summed E-state index contributed by atoms with van der Waals surface area (Å²) in [6.45, 7) is 1.53. The lowest BCUT2D eigenvalue weighted by Crippen LogP contribution is -2.26. The number of ether oxygens (including phenoxy) is 1. The number of carbonyl (C=O) groups excluding carboxylic acids is 1. The zero-order chi connectivity index (χ0) is 21.8. The minimum absolute atomic E-state index is 0.0231. The van der Waals surface area contributed by atoms with E-state index in [1.807, 2.05) is 43.5 Å². The Bertz CT molecular complexity index is 1170. The molecule has 7 nitrogen and oxygen atoms in total. The van der Waals surface area contributed by atoms with Crippen LogP contribution in [-0.4, -0.2) is 20.8 Å². The molecular formula is C22H18F2N4O3. The average molecular weight is 424 g/mol. The number of aromatic nitrogens is 3. The van der Waals surface area contributed by atoms with Crippen molar-refractivity contribution in [3.8, 4) is 11.4 Å². The fourth-order valence-corrected chi connectivity index (χ4v) is 2.89. The molecule has 0 unspecified atom stereocenters. The maximum Gasteiger partial charge on any atom is 0.273 e. The Morgan fingerprint density at radius 3 is 2.65 bits per heavy atom. The van der Waals surface area contributed by atoms with Gasteiger partial charge < -0.3 is 14.6 Å². The minimum atomic E-state index is -0.831. The van der Waals surface area contributed by atoms with Crippen LogP contribution >= 0.6 is 0 Å².